The number of nitrogens with two attached hydrogens (primary N) is 1. The number of hydrogen-bond acceptors (Lipinski definition) is 0. The molecule has 1 heteroatoms. The minimum absolute atomic E-state index is 0.642. The molecule has 4 fully saturated rings. The van der Waals surface area contributed by atoms with E-state index >= 15 is 0 Å². The minimum atomic E-state index is 0.642. The third-order valence-corrected chi connectivity index (χ3v) is 5.28. The summed E-state index contributed by atoms with van der Waals surface area (Å²) in [5.41, 5.74) is 2.03. The molecule has 4 saturated carbocycles. The predicted octanol–water partition coefficient (Wildman–Crippen LogP) is 1.93. The predicted molar refractivity (Wildman–Crippen MR) is 58.0 cm³/mol. The molecular formula is C13H24N+. The molecular weight excluding hydrogens is 170 g/mol. The third kappa shape index (κ3) is 1.11. The molecule has 4 aliphatic carbocycles. The van der Waals surface area contributed by atoms with E-state index in [9.17, 15) is 0 Å². The lowest BCUT2D eigenvalue weighted by molar-refractivity contribution is -0.720. The number of hydrogen-bond donors (Lipinski definition) is 1. The van der Waals surface area contributed by atoms with E-state index in [0.29, 0.717) is 16.4 Å². The van der Waals surface area contributed by atoms with E-state index in [2.05, 4.69) is 26.2 Å². The highest BCUT2D eigenvalue weighted by Gasteiger charge is 2.61. The standard InChI is InChI=1S/C13H23N/c1-11-4-10-5-12(2,7-11)9-13(6-10,8-11)14-3/h10,14H,4-9H2,1-3H3/p+1. The fraction of sp³-hybridized carbons (Fsp3) is 1.00. The van der Waals surface area contributed by atoms with Crippen molar-refractivity contribution in [3.63, 3.8) is 0 Å². The zero-order chi connectivity index (χ0) is 10.0. The highest BCUT2D eigenvalue weighted by atomic mass is 15.0. The van der Waals surface area contributed by atoms with E-state index in [0.717, 1.165) is 5.92 Å². The van der Waals surface area contributed by atoms with Gasteiger partial charge in [-0.15, -0.1) is 0 Å². The Labute approximate surface area is 87.7 Å². The minimum Gasteiger partial charge on any atom is -0.344 e. The molecule has 80 valence electrons. The van der Waals surface area contributed by atoms with Gasteiger partial charge in [0.1, 0.15) is 0 Å². The molecule has 0 amide bonds. The molecule has 0 heterocycles. The van der Waals surface area contributed by atoms with Gasteiger partial charge in [-0.25, -0.2) is 0 Å². The largest absolute Gasteiger partial charge is 0.344 e. The van der Waals surface area contributed by atoms with Crippen LogP contribution in [0.4, 0.5) is 0 Å². The van der Waals surface area contributed by atoms with Crippen LogP contribution in [-0.4, -0.2) is 12.6 Å². The Morgan fingerprint density at radius 3 is 1.93 bits per heavy atom. The van der Waals surface area contributed by atoms with Crippen LogP contribution < -0.4 is 5.32 Å². The van der Waals surface area contributed by atoms with Crippen LogP contribution in [0.25, 0.3) is 0 Å². The fourth-order valence-electron chi connectivity index (χ4n) is 5.86. The van der Waals surface area contributed by atoms with Gasteiger partial charge in [-0.3, -0.25) is 0 Å². The van der Waals surface area contributed by atoms with Crippen molar-refractivity contribution in [3.8, 4) is 0 Å². The van der Waals surface area contributed by atoms with Gasteiger partial charge in [0.25, 0.3) is 0 Å². The van der Waals surface area contributed by atoms with Crippen LogP contribution in [-0.2, 0) is 0 Å². The van der Waals surface area contributed by atoms with Crippen molar-refractivity contribution in [2.75, 3.05) is 7.05 Å². The van der Waals surface area contributed by atoms with Crippen LogP contribution in [0.5, 0.6) is 0 Å². The lowest BCUT2D eigenvalue weighted by Gasteiger charge is -2.63. The van der Waals surface area contributed by atoms with Gasteiger partial charge < -0.3 is 5.32 Å². The van der Waals surface area contributed by atoms with Crippen molar-refractivity contribution < 1.29 is 5.32 Å². The Bertz CT molecular complexity index is 252. The Morgan fingerprint density at radius 2 is 1.50 bits per heavy atom. The summed E-state index contributed by atoms with van der Waals surface area (Å²) in [7, 11) is 2.31. The van der Waals surface area contributed by atoms with E-state index in [1.54, 1.807) is 0 Å². The zero-order valence-electron chi connectivity index (χ0n) is 9.90. The summed E-state index contributed by atoms with van der Waals surface area (Å²) in [5, 5.41) is 2.55. The molecule has 0 aliphatic heterocycles. The first-order valence-corrected chi connectivity index (χ1v) is 6.27. The molecule has 0 saturated heterocycles. The topological polar surface area (TPSA) is 16.6 Å². The Morgan fingerprint density at radius 1 is 0.929 bits per heavy atom. The zero-order valence-corrected chi connectivity index (χ0v) is 9.90. The summed E-state index contributed by atoms with van der Waals surface area (Å²) < 4.78 is 0. The van der Waals surface area contributed by atoms with Crippen LogP contribution in [0.3, 0.4) is 0 Å². The average Bonchev–Trinajstić information content (AvgIpc) is 1.97. The summed E-state index contributed by atoms with van der Waals surface area (Å²) in [6.07, 6.45) is 9.04. The molecule has 1 nitrogen and oxygen atoms in total. The lowest BCUT2D eigenvalue weighted by Crippen LogP contribution is -2.97. The van der Waals surface area contributed by atoms with Gasteiger partial charge in [0.2, 0.25) is 0 Å². The second-order valence-corrected chi connectivity index (χ2v) is 7.28. The summed E-state index contributed by atoms with van der Waals surface area (Å²) >= 11 is 0. The van der Waals surface area contributed by atoms with Crippen molar-refractivity contribution in [3.05, 3.63) is 0 Å². The van der Waals surface area contributed by atoms with Gasteiger partial charge in [0.05, 0.1) is 12.6 Å². The van der Waals surface area contributed by atoms with Crippen LogP contribution in [0.1, 0.15) is 52.4 Å². The molecule has 0 aromatic rings. The van der Waals surface area contributed by atoms with Gasteiger partial charge in [0.15, 0.2) is 0 Å². The van der Waals surface area contributed by atoms with E-state index < -0.39 is 0 Å². The highest BCUT2D eigenvalue weighted by molar-refractivity contribution is 5.10. The van der Waals surface area contributed by atoms with Gasteiger partial charge in [0, 0.05) is 19.3 Å². The Kier molecular flexibility index (Phi) is 1.56. The maximum atomic E-state index is 2.55. The van der Waals surface area contributed by atoms with Crippen LogP contribution in [0, 0.1) is 16.7 Å². The lowest BCUT2D eigenvalue weighted by atomic mass is 9.43. The second kappa shape index (κ2) is 2.37. The van der Waals surface area contributed by atoms with E-state index in [1.807, 2.05) is 0 Å². The van der Waals surface area contributed by atoms with Gasteiger partial charge in [-0.2, -0.15) is 0 Å². The summed E-state index contributed by atoms with van der Waals surface area (Å²) in [4.78, 5) is 0. The van der Waals surface area contributed by atoms with E-state index in [4.69, 9.17) is 0 Å². The first kappa shape index (κ1) is 9.21. The molecule has 0 aromatic heterocycles. The monoisotopic (exact) mass is 194 g/mol. The van der Waals surface area contributed by atoms with Crippen molar-refractivity contribution in [1.29, 1.82) is 0 Å². The fourth-order valence-corrected chi connectivity index (χ4v) is 5.86. The van der Waals surface area contributed by atoms with E-state index in [-0.39, 0.29) is 0 Å². The number of rotatable bonds is 1. The van der Waals surface area contributed by atoms with Crippen molar-refractivity contribution in [2.24, 2.45) is 16.7 Å². The van der Waals surface area contributed by atoms with Crippen molar-refractivity contribution in [1.82, 2.24) is 0 Å². The molecule has 4 aliphatic rings. The summed E-state index contributed by atoms with van der Waals surface area (Å²) in [6, 6.07) is 0. The Hall–Kier alpha value is -0.0400. The average molecular weight is 194 g/mol. The molecule has 4 rings (SSSR count). The highest BCUT2D eigenvalue weighted by Crippen LogP contribution is 2.65. The van der Waals surface area contributed by atoms with Crippen LogP contribution in [0.2, 0.25) is 0 Å². The van der Waals surface area contributed by atoms with Crippen LogP contribution in [0.15, 0.2) is 0 Å². The van der Waals surface area contributed by atoms with Crippen molar-refractivity contribution >= 4 is 0 Å². The molecule has 0 radical (unpaired) electrons. The van der Waals surface area contributed by atoms with Gasteiger partial charge >= 0.3 is 0 Å². The van der Waals surface area contributed by atoms with Gasteiger partial charge in [-0.05, 0) is 36.0 Å². The maximum absolute atomic E-state index is 2.55. The maximum Gasteiger partial charge on any atom is 0.0972 e. The first-order chi connectivity index (χ1) is 6.47. The molecule has 14 heavy (non-hydrogen) atoms. The van der Waals surface area contributed by atoms with E-state index in [1.165, 1.54) is 38.5 Å². The molecule has 2 N–H and O–H groups in total. The number of quaternary nitrogens is 1. The molecule has 2 atom stereocenters. The first-order valence-electron chi connectivity index (χ1n) is 6.27. The van der Waals surface area contributed by atoms with Gasteiger partial charge in [-0.1, -0.05) is 13.8 Å². The normalized spacial score (nSPS) is 60.6. The quantitative estimate of drug-likeness (QED) is 0.657. The molecule has 4 bridgehead atoms. The third-order valence-electron chi connectivity index (χ3n) is 5.28. The molecule has 2 unspecified atom stereocenters. The summed E-state index contributed by atoms with van der Waals surface area (Å²) in [5.74, 6) is 1.05. The SMILES string of the molecule is C[NH2+]C12CC3CC(C)(CC(C)(C3)C1)C2. The molecule has 0 aromatic carbocycles. The second-order valence-electron chi connectivity index (χ2n) is 7.28. The smallest absolute Gasteiger partial charge is 0.0972 e. The van der Waals surface area contributed by atoms with Crippen LogP contribution >= 0.6 is 0 Å². The van der Waals surface area contributed by atoms with Crippen molar-refractivity contribution in [2.45, 2.75) is 57.9 Å². The molecule has 0 spiro atoms. The Balaban J connectivity index is 2.01. The summed E-state index contributed by atoms with van der Waals surface area (Å²) in [6.45, 7) is 5.10.